The molecule has 0 fully saturated rings. The molecule has 0 aliphatic rings. The van der Waals surface area contributed by atoms with Crippen LogP contribution in [0.5, 0.6) is 0 Å². The molecule has 3 aromatic carbocycles. The molecule has 0 saturated carbocycles. The summed E-state index contributed by atoms with van der Waals surface area (Å²) in [5.74, 6) is -3.63. The molecular weight excluding hydrogens is 602 g/mol. The number of nitrogens with two attached hydrogens (primary N) is 2. The van der Waals surface area contributed by atoms with Crippen molar-refractivity contribution < 1.29 is 29.1 Å². The zero-order valence-electron chi connectivity index (χ0n) is 25.6. The van der Waals surface area contributed by atoms with Crippen LogP contribution in [-0.2, 0) is 43.2 Å². The highest BCUT2D eigenvalue weighted by Crippen LogP contribution is 2.19. The van der Waals surface area contributed by atoms with Crippen LogP contribution in [0.25, 0.3) is 10.9 Å². The molecule has 4 aromatic rings. The van der Waals surface area contributed by atoms with E-state index in [0.29, 0.717) is 5.56 Å². The fourth-order valence-corrected chi connectivity index (χ4v) is 5.06. The molecule has 0 aliphatic carbocycles. The normalized spacial score (nSPS) is 13.5. The van der Waals surface area contributed by atoms with E-state index in [-0.39, 0.29) is 19.3 Å². The molecule has 0 spiro atoms. The lowest BCUT2D eigenvalue weighted by molar-refractivity contribution is -0.134. The van der Waals surface area contributed by atoms with Crippen LogP contribution < -0.4 is 32.7 Å². The fraction of sp³-hybridized carbons (Fsp3) is 0.265. The summed E-state index contributed by atoms with van der Waals surface area (Å²) in [6.45, 7) is -1.26. The van der Waals surface area contributed by atoms with Gasteiger partial charge in [0.2, 0.25) is 29.5 Å². The third-order valence-electron chi connectivity index (χ3n) is 7.54. The van der Waals surface area contributed by atoms with E-state index in [9.17, 15) is 29.1 Å². The molecule has 5 amide bonds. The summed E-state index contributed by atoms with van der Waals surface area (Å²) in [7, 11) is 0. The van der Waals surface area contributed by atoms with Gasteiger partial charge in [-0.05, 0) is 29.2 Å². The van der Waals surface area contributed by atoms with E-state index in [2.05, 4.69) is 26.3 Å². The first-order valence-corrected chi connectivity index (χ1v) is 15.1. The Morgan fingerprint density at radius 1 is 0.660 bits per heavy atom. The lowest BCUT2D eigenvalue weighted by Gasteiger charge is -2.25. The number of aliphatic hydroxyl groups excluding tert-OH is 1. The highest BCUT2D eigenvalue weighted by Gasteiger charge is 2.31. The standard InChI is InChI=1S/C34H39N7O6/c35-25(15-21-9-3-1-4-10-21)31(44)39-27(16-22-11-5-2-6-12-22)33(46)41-29(20-42)34(47)40-28(32(45)38-19-30(36)43)17-23-18-37-26-14-8-7-13-24(23)26/h1-14,18,25,27-29,37,42H,15-17,19-20,35H2,(H2,36,43)(H,38,45)(H,39,44)(H,40,47)(H,41,46). The molecule has 1 heterocycles. The number of carbonyl (C=O) groups excluding carboxylic acids is 5. The summed E-state index contributed by atoms with van der Waals surface area (Å²) in [4.78, 5) is 67.5. The minimum atomic E-state index is -1.48. The predicted molar refractivity (Wildman–Crippen MR) is 175 cm³/mol. The van der Waals surface area contributed by atoms with Gasteiger partial charge in [-0.3, -0.25) is 24.0 Å². The number of hydrogen-bond acceptors (Lipinski definition) is 7. The third kappa shape index (κ3) is 9.98. The molecule has 4 atom stereocenters. The van der Waals surface area contributed by atoms with Gasteiger partial charge < -0.3 is 42.8 Å². The van der Waals surface area contributed by atoms with Gasteiger partial charge in [0.15, 0.2) is 0 Å². The van der Waals surface area contributed by atoms with Crippen molar-refractivity contribution in [2.24, 2.45) is 11.5 Å². The van der Waals surface area contributed by atoms with Crippen LogP contribution in [-0.4, -0.2) is 76.9 Å². The quantitative estimate of drug-likeness (QED) is 0.0806. The number of benzene rings is 3. The van der Waals surface area contributed by atoms with Crippen LogP contribution in [0.1, 0.15) is 16.7 Å². The lowest BCUT2D eigenvalue weighted by Crippen LogP contribution is -2.59. The van der Waals surface area contributed by atoms with Crippen molar-refractivity contribution >= 4 is 40.4 Å². The van der Waals surface area contributed by atoms with E-state index < -0.39 is 66.9 Å². The van der Waals surface area contributed by atoms with Gasteiger partial charge in [-0.1, -0.05) is 78.9 Å². The number of aliphatic hydroxyl groups is 1. The summed E-state index contributed by atoms with van der Waals surface area (Å²) < 4.78 is 0. The summed E-state index contributed by atoms with van der Waals surface area (Å²) in [6, 6.07) is 20.8. The minimum absolute atomic E-state index is 0.0262. The number of fused-ring (bicyclic) bond motifs is 1. The smallest absolute Gasteiger partial charge is 0.245 e. The minimum Gasteiger partial charge on any atom is -0.394 e. The maximum atomic E-state index is 13.5. The zero-order chi connectivity index (χ0) is 33.8. The van der Waals surface area contributed by atoms with Gasteiger partial charge in [0.1, 0.15) is 18.1 Å². The van der Waals surface area contributed by atoms with Gasteiger partial charge in [-0.2, -0.15) is 0 Å². The number of hydrogen-bond donors (Lipinski definition) is 8. The molecule has 10 N–H and O–H groups in total. The van der Waals surface area contributed by atoms with Crippen molar-refractivity contribution in [3.63, 3.8) is 0 Å². The van der Waals surface area contributed by atoms with Crippen molar-refractivity contribution in [1.82, 2.24) is 26.3 Å². The molecule has 0 saturated heterocycles. The zero-order valence-corrected chi connectivity index (χ0v) is 25.6. The SMILES string of the molecule is NC(=O)CNC(=O)C(Cc1c[nH]c2ccccc12)NC(=O)C(CO)NC(=O)C(Cc1ccccc1)NC(=O)C(N)Cc1ccccc1. The average molecular weight is 642 g/mol. The Morgan fingerprint density at radius 2 is 1.19 bits per heavy atom. The number of para-hydroxylation sites is 1. The largest absolute Gasteiger partial charge is 0.394 e. The first kappa shape index (κ1) is 34.3. The predicted octanol–water partition coefficient (Wildman–Crippen LogP) is -0.429. The lowest BCUT2D eigenvalue weighted by atomic mass is 10.0. The molecule has 0 bridgehead atoms. The van der Waals surface area contributed by atoms with Crippen molar-refractivity contribution in [3.8, 4) is 0 Å². The number of amides is 5. The highest BCUT2D eigenvalue weighted by molar-refractivity contribution is 5.96. The molecule has 13 heteroatoms. The van der Waals surface area contributed by atoms with E-state index in [4.69, 9.17) is 11.5 Å². The second-order valence-electron chi connectivity index (χ2n) is 11.1. The molecule has 13 nitrogen and oxygen atoms in total. The van der Waals surface area contributed by atoms with Crippen LogP contribution in [0, 0.1) is 0 Å². The monoisotopic (exact) mass is 641 g/mol. The topological polar surface area (TPSA) is 222 Å². The molecular formula is C34H39N7O6. The van der Waals surface area contributed by atoms with Crippen LogP contribution in [0.4, 0.5) is 0 Å². The summed E-state index contributed by atoms with van der Waals surface area (Å²) >= 11 is 0. The molecule has 0 radical (unpaired) electrons. The molecule has 4 unspecified atom stereocenters. The Bertz CT molecular complexity index is 1680. The Kier molecular flexibility index (Phi) is 12.2. The molecule has 4 rings (SSSR count). The van der Waals surface area contributed by atoms with E-state index in [0.717, 1.165) is 22.0 Å². The second-order valence-corrected chi connectivity index (χ2v) is 11.1. The van der Waals surface area contributed by atoms with Crippen LogP contribution >= 0.6 is 0 Å². The molecule has 47 heavy (non-hydrogen) atoms. The Balaban J connectivity index is 1.48. The van der Waals surface area contributed by atoms with Crippen LogP contribution in [0.2, 0.25) is 0 Å². The van der Waals surface area contributed by atoms with Gasteiger partial charge in [0, 0.05) is 29.9 Å². The first-order chi connectivity index (χ1) is 22.6. The van der Waals surface area contributed by atoms with Gasteiger partial charge in [0.05, 0.1) is 19.2 Å². The Morgan fingerprint density at radius 3 is 1.83 bits per heavy atom. The van der Waals surface area contributed by atoms with Gasteiger partial charge in [0.25, 0.3) is 0 Å². The molecule has 0 aliphatic heterocycles. The Labute approximate surface area is 271 Å². The molecule has 246 valence electrons. The number of aromatic amines is 1. The summed E-state index contributed by atoms with van der Waals surface area (Å²) in [6.07, 6.45) is 2.05. The third-order valence-corrected chi connectivity index (χ3v) is 7.54. The van der Waals surface area contributed by atoms with E-state index in [1.54, 1.807) is 30.5 Å². The average Bonchev–Trinajstić information content (AvgIpc) is 3.48. The van der Waals surface area contributed by atoms with Crippen molar-refractivity contribution in [1.29, 1.82) is 0 Å². The number of aromatic nitrogens is 1. The second kappa shape index (κ2) is 16.7. The number of primary amides is 1. The number of carbonyl (C=O) groups is 5. The van der Waals surface area contributed by atoms with Gasteiger partial charge in [-0.25, -0.2) is 0 Å². The fourth-order valence-electron chi connectivity index (χ4n) is 5.06. The number of H-pyrrole nitrogens is 1. The van der Waals surface area contributed by atoms with E-state index >= 15 is 0 Å². The summed E-state index contributed by atoms with van der Waals surface area (Å²) in [5.41, 5.74) is 14.5. The van der Waals surface area contributed by atoms with Crippen LogP contribution in [0.3, 0.4) is 0 Å². The van der Waals surface area contributed by atoms with Crippen LogP contribution in [0.15, 0.2) is 91.1 Å². The number of rotatable bonds is 16. The Hall–Kier alpha value is -5.53. The van der Waals surface area contributed by atoms with Crippen molar-refractivity contribution in [2.45, 2.75) is 43.4 Å². The van der Waals surface area contributed by atoms with Crippen molar-refractivity contribution in [2.75, 3.05) is 13.2 Å². The summed E-state index contributed by atoms with van der Waals surface area (Å²) in [5, 5.41) is 21.1. The highest BCUT2D eigenvalue weighted by atomic mass is 16.3. The van der Waals surface area contributed by atoms with Crippen molar-refractivity contribution in [3.05, 3.63) is 108 Å². The van der Waals surface area contributed by atoms with Gasteiger partial charge in [-0.15, -0.1) is 0 Å². The van der Waals surface area contributed by atoms with E-state index in [1.807, 2.05) is 60.7 Å². The number of nitrogens with one attached hydrogen (secondary N) is 5. The first-order valence-electron chi connectivity index (χ1n) is 15.1. The maximum Gasteiger partial charge on any atom is 0.245 e. The maximum absolute atomic E-state index is 13.5. The molecule has 1 aromatic heterocycles. The van der Waals surface area contributed by atoms with E-state index in [1.165, 1.54) is 0 Å². The van der Waals surface area contributed by atoms with Gasteiger partial charge >= 0.3 is 0 Å².